The Bertz CT molecular complexity index is 1180. The van der Waals surface area contributed by atoms with Gasteiger partial charge < -0.3 is 19.2 Å². The summed E-state index contributed by atoms with van der Waals surface area (Å²) in [6, 6.07) is 3.63. The largest absolute Gasteiger partial charge is 0.393 e. The molecule has 2 unspecified atom stereocenters. The molecule has 1 saturated carbocycles. The summed E-state index contributed by atoms with van der Waals surface area (Å²) in [5.41, 5.74) is 1.94. The number of hydrogen-bond acceptors (Lipinski definition) is 7. The molecule has 1 aromatic heterocycles. The Morgan fingerprint density at radius 2 is 1.92 bits per heavy atom. The maximum absolute atomic E-state index is 13.8. The van der Waals surface area contributed by atoms with Crippen LogP contribution in [0.3, 0.4) is 0 Å². The van der Waals surface area contributed by atoms with E-state index in [9.17, 15) is 14.7 Å². The molecular weight excluding hydrogens is 494 g/mol. The second-order valence-electron chi connectivity index (χ2n) is 10.6. The molecule has 1 aliphatic carbocycles. The van der Waals surface area contributed by atoms with E-state index in [0.717, 1.165) is 42.1 Å². The van der Waals surface area contributed by atoms with Gasteiger partial charge >= 0.3 is 5.97 Å². The van der Waals surface area contributed by atoms with Gasteiger partial charge in [0.1, 0.15) is 0 Å². The Morgan fingerprint density at radius 3 is 2.57 bits per heavy atom. The third kappa shape index (κ3) is 5.93. The second kappa shape index (κ2) is 11.6. The summed E-state index contributed by atoms with van der Waals surface area (Å²) in [6.45, 7) is 10.5. The van der Waals surface area contributed by atoms with Crippen LogP contribution in [0, 0.1) is 5.92 Å². The minimum atomic E-state index is -0.727. The number of benzene rings is 1. The molecule has 4 rings (SSSR count). The van der Waals surface area contributed by atoms with Crippen LogP contribution in [0.4, 0.5) is 0 Å². The van der Waals surface area contributed by atoms with E-state index < -0.39 is 17.6 Å². The van der Waals surface area contributed by atoms with Gasteiger partial charge in [0.25, 0.3) is 0 Å². The van der Waals surface area contributed by atoms with E-state index in [2.05, 4.69) is 10.1 Å². The molecule has 2 fully saturated rings. The molecule has 8 nitrogen and oxygen atoms in total. The standard InChI is InChI=1S/C28H38ClN3O5/c1-5-31-17-22(24(30-37-18(2)33)16-19-8-6-7-9-25(19)34)21-14-20(15-23(29)26(21)31)27(35)28(3,4)32-10-12-36-13-11-32/h14-15,17,19,25,34H,5-13,16H2,1-4H3/b30-24+. The van der Waals surface area contributed by atoms with E-state index >= 15 is 0 Å². The molecule has 2 aromatic rings. The van der Waals surface area contributed by atoms with Gasteiger partial charge in [-0.15, -0.1) is 0 Å². The van der Waals surface area contributed by atoms with Crippen LogP contribution in [-0.2, 0) is 20.9 Å². The normalized spacial score (nSPS) is 21.8. The smallest absolute Gasteiger partial charge is 0.331 e. The minimum Gasteiger partial charge on any atom is -0.393 e. The summed E-state index contributed by atoms with van der Waals surface area (Å²) in [5.74, 6) is -0.514. The number of oxime groups is 1. The lowest BCUT2D eigenvalue weighted by Gasteiger charge is -2.39. The Labute approximate surface area is 223 Å². The number of aliphatic hydroxyl groups is 1. The van der Waals surface area contributed by atoms with Crippen molar-refractivity contribution < 1.29 is 24.3 Å². The molecule has 1 aliphatic heterocycles. The number of hydrogen-bond donors (Lipinski definition) is 1. The van der Waals surface area contributed by atoms with Gasteiger partial charge in [-0.05, 0) is 58.1 Å². The van der Waals surface area contributed by atoms with Crippen molar-refractivity contribution in [1.29, 1.82) is 0 Å². The number of nitrogens with zero attached hydrogens (tertiary/aromatic N) is 3. The highest BCUT2D eigenvalue weighted by Gasteiger charge is 2.37. The second-order valence-corrected chi connectivity index (χ2v) is 11.0. The molecule has 0 spiro atoms. The predicted molar refractivity (Wildman–Crippen MR) is 144 cm³/mol. The number of aliphatic hydroxyl groups excluding tert-OH is 1. The average molecular weight is 532 g/mol. The van der Waals surface area contributed by atoms with E-state index in [1.807, 2.05) is 37.6 Å². The van der Waals surface area contributed by atoms with Crippen LogP contribution >= 0.6 is 11.6 Å². The first-order valence-corrected chi connectivity index (χ1v) is 13.6. The number of ketones is 1. The van der Waals surface area contributed by atoms with Crippen LogP contribution in [0.5, 0.6) is 0 Å². The lowest BCUT2D eigenvalue weighted by Crippen LogP contribution is -2.54. The van der Waals surface area contributed by atoms with Crippen molar-refractivity contribution in [3.63, 3.8) is 0 Å². The van der Waals surface area contributed by atoms with Crippen molar-refractivity contribution in [2.75, 3.05) is 26.3 Å². The van der Waals surface area contributed by atoms with Gasteiger partial charge in [0.2, 0.25) is 0 Å². The number of aryl methyl sites for hydroxylation is 1. The molecular formula is C28H38ClN3O5. The van der Waals surface area contributed by atoms with Crippen LogP contribution in [0.15, 0.2) is 23.5 Å². The molecule has 2 aliphatic rings. The molecule has 37 heavy (non-hydrogen) atoms. The Kier molecular flexibility index (Phi) is 8.74. The highest BCUT2D eigenvalue weighted by Crippen LogP contribution is 2.35. The number of morpholine rings is 1. The quantitative estimate of drug-likeness (QED) is 0.227. The maximum Gasteiger partial charge on any atom is 0.331 e. The molecule has 2 atom stereocenters. The van der Waals surface area contributed by atoms with Crippen molar-refractivity contribution in [3.05, 3.63) is 34.5 Å². The van der Waals surface area contributed by atoms with Crippen LogP contribution in [0.1, 0.15) is 75.7 Å². The van der Waals surface area contributed by atoms with Crippen LogP contribution in [0.2, 0.25) is 5.02 Å². The highest BCUT2D eigenvalue weighted by molar-refractivity contribution is 6.36. The van der Waals surface area contributed by atoms with E-state index in [1.54, 1.807) is 6.07 Å². The Morgan fingerprint density at radius 1 is 1.22 bits per heavy atom. The minimum absolute atomic E-state index is 0.0172. The number of ether oxygens (including phenoxy) is 1. The molecule has 1 saturated heterocycles. The average Bonchev–Trinajstić information content (AvgIpc) is 3.26. The van der Waals surface area contributed by atoms with E-state index in [-0.39, 0.29) is 11.7 Å². The molecule has 2 heterocycles. The number of halogens is 1. The topological polar surface area (TPSA) is 93.4 Å². The van der Waals surface area contributed by atoms with Gasteiger partial charge in [-0.3, -0.25) is 9.69 Å². The molecule has 0 amide bonds. The lowest BCUT2D eigenvalue weighted by atomic mass is 9.82. The van der Waals surface area contributed by atoms with Crippen LogP contribution in [0.25, 0.3) is 10.9 Å². The first-order chi connectivity index (χ1) is 17.6. The van der Waals surface area contributed by atoms with Crippen molar-refractivity contribution in [3.8, 4) is 0 Å². The first kappa shape index (κ1) is 27.8. The SMILES string of the molecule is CCn1cc(/C(CC2CCCCC2O)=N/OC(C)=O)c2cc(C(=O)C(C)(C)N3CCOCC3)cc(Cl)c21. The van der Waals surface area contributed by atoms with E-state index in [4.69, 9.17) is 21.2 Å². The van der Waals surface area contributed by atoms with Gasteiger partial charge in [0, 0.05) is 49.3 Å². The van der Waals surface area contributed by atoms with Gasteiger partial charge in [-0.2, -0.15) is 0 Å². The molecule has 9 heteroatoms. The fraction of sp³-hybridized carbons (Fsp3) is 0.607. The number of Topliss-reactive ketones (excluding diaryl/α,β-unsaturated/α-hetero) is 1. The monoisotopic (exact) mass is 531 g/mol. The van der Waals surface area contributed by atoms with E-state index in [1.165, 1.54) is 6.92 Å². The molecule has 1 N–H and O–H groups in total. The molecule has 0 radical (unpaired) electrons. The maximum atomic E-state index is 13.8. The zero-order valence-corrected chi connectivity index (χ0v) is 23.0. The summed E-state index contributed by atoms with van der Waals surface area (Å²) in [4.78, 5) is 32.7. The molecule has 0 bridgehead atoms. The number of carbonyl (C=O) groups excluding carboxylic acids is 2. The van der Waals surface area contributed by atoms with E-state index in [0.29, 0.717) is 55.6 Å². The number of aromatic nitrogens is 1. The van der Waals surface area contributed by atoms with Crippen molar-refractivity contribution >= 4 is 40.0 Å². The van der Waals surface area contributed by atoms with Gasteiger partial charge in [0.15, 0.2) is 5.78 Å². The van der Waals surface area contributed by atoms with Crippen molar-refractivity contribution in [1.82, 2.24) is 9.47 Å². The third-order valence-corrected chi connectivity index (χ3v) is 8.09. The summed E-state index contributed by atoms with van der Waals surface area (Å²) in [7, 11) is 0. The van der Waals surface area contributed by atoms with Gasteiger partial charge in [-0.25, -0.2) is 4.79 Å². The summed E-state index contributed by atoms with van der Waals surface area (Å²) in [5, 5.41) is 16.1. The van der Waals surface area contributed by atoms with Crippen LogP contribution < -0.4 is 0 Å². The Balaban J connectivity index is 1.79. The zero-order chi connectivity index (χ0) is 26.7. The van der Waals surface area contributed by atoms with Gasteiger partial charge in [0.05, 0.1) is 41.1 Å². The zero-order valence-electron chi connectivity index (χ0n) is 22.3. The summed E-state index contributed by atoms with van der Waals surface area (Å²) >= 11 is 6.81. The summed E-state index contributed by atoms with van der Waals surface area (Å²) in [6.07, 6.45) is 5.67. The van der Waals surface area contributed by atoms with Crippen LogP contribution in [-0.4, -0.2) is 70.0 Å². The highest BCUT2D eigenvalue weighted by atomic mass is 35.5. The van der Waals surface area contributed by atoms with Crippen molar-refractivity contribution in [2.45, 2.75) is 78.0 Å². The summed E-state index contributed by atoms with van der Waals surface area (Å²) < 4.78 is 7.50. The number of rotatable bonds is 8. The number of fused-ring (bicyclic) bond motifs is 1. The predicted octanol–water partition coefficient (Wildman–Crippen LogP) is 4.82. The third-order valence-electron chi connectivity index (χ3n) is 7.81. The fourth-order valence-corrected chi connectivity index (χ4v) is 5.93. The van der Waals surface area contributed by atoms with Crippen molar-refractivity contribution in [2.24, 2.45) is 11.1 Å². The first-order valence-electron chi connectivity index (χ1n) is 13.3. The number of carbonyl (C=O) groups is 2. The van der Waals surface area contributed by atoms with Gasteiger partial charge in [-0.1, -0.05) is 29.6 Å². The Hall–Kier alpha value is -2.26. The molecule has 1 aromatic carbocycles. The molecule has 202 valence electrons. The fourth-order valence-electron chi connectivity index (χ4n) is 5.61. The lowest BCUT2D eigenvalue weighted by molar-refractivity contribution is -0.140.